The standard InChI is InChI=1S/C14H21N5O2S/c1-4-13-15-7-9-19(13)8-5-6-16-14-12(22(3,20)21)10-17-11(2)18-14/h7,9-10H,4-6,8H2,1-3H3,(H,16,17,18). The highest BCUT2D eigenvalue weighted by atomic mass is 32.2. The molecule has 1 N–H and O–H groups in total. The molecule has 0 aliphatic heterocycles. The third-order valence-corrected chi connectivity index (χ3v) is 4.36. The quantitative estimate of drug-likeness (QED) is 0.776. The highest BCUT2D eigenvalue weighted by Gasteiger charge is 2.15. The highest BCUT2D eigenvalue weighted by molar-refractivity contribution is 7.90. The lowest BCUT2D eigenvalue weighted by atomic mass is 10.4. The Labute approximate surface area is 130 Å². The zero-order valence-corrected chi connectivity index (χ0v) is 13.9. The van der Waals surface area contributed by atoms with E-state index in [0.29, 0.717) is 18.2 Å². The van der Waals surface area contributed by atoms with E-state index in [1.807, 2.05) is 6.20 Å². The summed E-state index contributed by atoms with van der Waals surface area (Å²) < 4.78 is 25.6. The van der Waals surface area contributed by atoms with E-state index in [1.165, 1.54) is 6.20 Å². The van der Waals surface area contributed by atoms with E-state index >= 15 is 0 Å². The number of aryl methyl sites for hydroxylation is 3. The monoisotopic (exact) mass is 323 g/mol. The molecule has 7 nitrogen and oxygen atoms in total. The van der Waals surface area contributed by atoms with Crippen molar-refractivity contribution in [2.24, 2.45) is 0 Å². The summed E-state index contributed by atoms with van der Waals surface area (Å²) in [5, 5.41) is 3.10. The second-order valence-electron chi connectivity index (χ2n) is 5.07. The maximum Gasteiger partial charge on any atom is 0.180 e. The van der Waals surface area contributed by atoms with E-state index < -0.39 is 9.84 Å². The molecule has 0 spiro atoms. The summed E-state index contributed by atoms with van der Waals surface area (Å²) in [4.78, 5) is 12.5. The number of aromatic nitrogens is 4. The summed E-state index contributed by atoms with van der Waals surface area (Å²) in [6.07, 6.45) is 7.99. The Kier molecular flexibility index (Phi) is 5.12. The van der Waals surface area contributed by atoms with Crippen molar-refractivity contribution >= 4 is 15.7 Å². The highest BCUT2D eigenvalue weighted by Crippen LogP contribution is 2.17. The van der Waals surface area contributed by atoms with Gasteiger partial charge in [0.05, 0.1) is 6.20 Å². The van der Waals surface area contributed by atoms with Crippen molar-refractivity contribution < 1.29 is 8.42 Å². The van der Waals surface area contributed by atoms with Crippen molar-refractivity contribution in [1.29, 1.82) is 0 Å². The lowest BCUT2D eigenvalue weighted by Gasteiger charge is -2.11. The predicted octanol–water partition coefficient (Wildman–Crippen LogP) is 1.45. The summed E-state index contributed by atoms with van der Waals surface area (Å²) in [5.74, 6) is 1.96. The molecule has 0 radical (unpaired) electrons. The Morgan fingerprint density at radius 1 is 1.32 bits per heavy atom. The molecule has 0 bridgehead atoms. The van der Waals surface area contributed by atoms with E-state index in [9.17, 15) is 8.42 Å². The molecule has 0 aliphatic rings. The maximum atomic E-state index is 11.7. The van der Waals surface area contributed by atoms with Crippen LogP contribution < -0.4 is 5.32 Å². The van der Waals surface area contributed by atoms with Crippen molar-refractivity contribution in [3.05, 3.63) is 30.2 Å². The molecule has 0 aliphatic carbocycles. The summed E-state index contributed by atoms with van der Waals surface area (Å²) in [6.45, 7) is 5.25. The van der Waals surface area contributed by atoms with Gasteiger partial charge < -0.3 is 9.88 Å². The van der Waals surface area contributed by atoms with Gasteiger partial charge in [0.2, 0.25) is 0 Å². The van der Waals surface area contributed by atoms with Gasteiger partial charge in [-0.3, -0.25) is 0 Å². The molecule has 0 saturated carbocycles. The fourth-order valence-electron chi connectivity index (χ4n) is 2.17. The minimum Gasteiger partial charge on any atom is -0.369 e. The van der Waals surface area contributed by atoms with Crippen molar-refractivity contribution in [2.75, 3.05) is 18.1 Å². The fraction of sp³-hybridized carbons (Fsp3) is 0.500. The van der Waals surface area contributed by atoms with Crippen LogP contribution >= 0.6 is 0 Å². The van der Waals surface area contributed by atoms with Crippen LogP contribution in [0, 0.1) is 6.92 Å². The molecular weight excluding hydrogens is 302 g/mol. The summed E-state index contributed by atoms with van der Waals surface area (Å²) in [7, 11) is -3.34. The first-order chi connectivity index (χ1) is 10.4. The van der Waals surface area contributed by atoms with Crippen molar-refractivity contribution in [3.8, 4) is 0 Å². The van der Waals surface area contributed by atoms with Gasteiger partial charge in [-0.25, -0.2) is 23.4 Å². The predicted molar refractivity (Wildman–Crippen MR) is 84.6 cm³/mol. The number of imidazole rings is 1. The van der Waals surface area contributed by atoms with Crippen LogP contribution in [-0.4, -0.2) is 40.7 Å². The van der Waals surface area contributed by atoms with Crippen LogP contribution in [0.5, 0.6) is 0 Å². The van der Waals surface area contributed by atoms with Crippen LogP contribution in [-0.2, 0) is 22.8 Å². The Hall–Kier alpha value is -1.96. The van der Waals surface area contributed by atoms with Crippen molar-refractivity contribution in [1.82, 2.24) is 19.5 Å². The third kappa shape index (κ3) is 4.03. The number of nitrogens with zero attached hydrogens (tertiary/aromatic N) is 4. The van der Waals surface area contributed by atoms with Gasteiger partial charge >= 0.3 is 0 Å². The van der Waals surface area contributed by atoms with Gasteiger partial charge in [0.1, 0.15) is 22.4 Å². The third-order valence-electron chi connectivity index (χ3n) is 3.26. The molecule has 8 heteroatoms. The number of anilines is 1. The average Bonchev–Trinajstić information content (AvgIpc) is 2.89. The van der Waals surface area contributed by atoms with Crippen molar-refractivity contribution in [3.63, 3.8) is 0 Å². The maximum absolute atomic E-state index is 11.7. The summed E-state index contributed by atoms with van der Waals surface area (Å²) in [5.41, 5.74) is 0. The van der Waals surface area contributed by atoms with Gasteiger partial charge in [-0.15, -0.1) is 0 Å². The fourth-order valence-corrected chi connectivity index (χ4v) is 2.88. The smallest absolute Gasteiger partial charge is 0.180 e. The molecule has 22 heavy (non-hydrogen) atoms. The molecule has 0 aromatic carbocycles. The average molecular weight is 323 g/mol. The molecule has 2 heterocycles. The summed E-state index contributed by atoms with van der Waals surface area (Å²) >= 11 is 0. The Bertz CT molecular complexity index is 739. The van der Waals surface area contributed by atoms with Crippen LogP contribution in [0.25, 0.3) is 0 Å². The van der Waals surface area contributed by atoms with Crippen LogP contribution in [0.3, 0.4) is 0 Å². The largest absolute Gasteiger partial charge is 0.369 e. The van der Waals surface area contributed by atoms with E-state index in [2.05, 4.69) is 31.8 Å². The van der Waals surface area contributed by atoms with Crippen LogP contribution in [0.1, 0.15) is 25.0 Å². The molecule has 0 unspecified atom stereocenters. The first-order valence-electron chi connectivity index (χ1n) is 7.19. The van der Waals surface area contributed by atoms with Crippen LogP contribution in [0.15, 0.2) is 23.5 Å². The Morgan fingerprint density at radius 2 is 2.09 bits per heavy atom. The molecule has 2 aromatic rings. The van der Waals surface area contributed by atoms with Gasteiger partial charge in [-0.1, -0.05) is 6.92 Å². The minimum atomic E-state index is -3.34. The zero-order chi connectivity index (χ0) is 16.2. The topological polar surface area (TPSA) is 89.8 Å². The lowest BCUT2D eigenvalue weighted by molar-refractivity contribution is 0.600. The normalized spacial score (nSPS) is 11.6. The van der Waals surface area contributed by atoms with Gasteiger partial charge in [-0.05, 0) is 13.3 Å². The van der Waals surface area contributed by atoms with Gasteiger partial charge in [-0.2, -0.15) is 0 Å². The van der Waals surface area contributed by atoms with E-state index in [4.69, 9.17) is 0 Å². The number of rotatable bonds is 7. The van der Waals surface area contributed by atoms with E-state index in [0.717, 1.165) is 31.5 Å². The SMILES string of the molecule is CCc1nccn1CCCNc1nc(C)ncc1S(C)(=O)=O. The van der Waals surface area contributed by atoms with Gasteiger partial charge in [0.25, 0.3) is 0 Å². The molecular formula is C14H21N5O2S. The Balaban J connectivity index is 1.99. The molecule has 2 aromatic heterocycles. The zero-order valence-electron chi connectivity index (χ0n) is 13.1. The molecule has 0 atom stereocenters. The number of hydrogen-bond donors (Lipinski definition) is 1. The van der Waals surface area contributed by atoms with E-state index in [1.54, 1.807) is 13.1 Å². The first-order valence-corrected chi connectivity index (χ1v) is 9.08. The van der Waals surface area contributed by atoms with Gasteiger partial charge in [0, 0.05) is 38.2 Å². The summed E-state index contributed by atoms with van der Waals surface area (Å²) in [6, 6.07) is 0. The number of nitrogens with one attached hydrogen (secondary N) is 1. The Morgan fingerprint density at radius 3 is 2.77 bits per heavy atom. The molecule has 120 valence electrons. The number of hydrogen-bond acceptors (Lipinski definition) is 6. The van der Waals surface area contributed by atoms with Crippen LogP contribution in [0.4, 0.5) is 5.82 Å². The second-order valence-corrected chi connectivity index (χ2v) is 7.06. The number of sulfone groups is 1. The lowest BCUT2D eigenvalue weighted by Crippen LogP contribution is -2.13. The minimum absolute atomic E-state index is 0.134. The van der Waals surface area contributed by atoms with Crippen molar-refractivity contribution in [2.45, 2.75) is 38.1 Å². The second kappa shape index (κ2) is 6.87. The molecule has 0 fully saturated rings. The molecule has 0 amide bonds. The van der Waals surface area contributed by atoms with Crippen LogP contribution in [0.2, 0.25) is 0 Å². The molecule has 2 rings (SSSR count). The van der Waals surface area contributed by atoms with Gasteiger partial charge in [0.15, 0.2) is 9.84 Å². The first kappa shape index (κ1) is 16.4. The molecule has 0 saturated heterocycles. The van der Waals surface area contributed by atoms with E-state index in [-0.39, 0.29) is 4.90 Å².